The third-order valence-corrected chi connectivity index (χ3v) is 5.07. The van der Waals surface area contributed by atoms with Crippen LogP contribution in [0, 0.1) is 19.8 Å². The number of amides is 1. The van der Waals surface area contributed by atoms with E-state index in [1.165, 1.54) is 19.3 Å². The number of nitrogens with zero attached hydrogens (tertiary/aromatic N) is 3. The number of nitrogens with one attached hydrogen (secondary N) is 1. The number of likely N-dealkylation sites (tertiary alicyclic amines) is 1. The third-order valence-electron chi connectivity index (χ3n) is 5.07. The number of hydrogen-bond donors (Lipinski definition) is 1. The number of rotatable bonds is 7. The first-order valence-electron chi connectivity index (χ1n) is 9.42. The molecule has 1 saturated heterocycles. The summed E-state index contributed by atoms with van der Waals surface area (Å²) in [6.45, 7) is 14.5. The summed E-state index contributed by atoms with van der Waals surface area (Å²) in [5, 5.41) is 7.68. The minimum absolute atomic E-state index is 0.106. The van der Waals surface area contributed by atoms with Crippen molar-refractivity contribution in [3.8, 4) is 0 Å². The van der Waals surface area contributed by atoms with Crippen LogP contribution in [-0.4, -0.2) is 46.3 Å². The Morgan fingerprint density at radius 2 is 2.08 bits per heavy atom. The van der Waals surface area contributed by atoms with Crippen molar-refractivity contribution in [2.45, 2.75) is 72.9 Å². The van der Waals surface area contributed by atoms with Crippen LogP contribution in [0.2, 0.25) is 0 Å². The van der Waals surface area contributed by atoms with E-state index in [-0.39, 0.29) is 5.91 Å². The number of aryl methyl sites for hydroxylation is 1. The quantitative estimate of drug-likeness (QED) is 0.834. The molecular weight excluding hydrogens is 300 g/mol. The molecule has 5 nitrogen and oxygen atoms in total. The predicted octanol–water partition coefficient (Wildman–Crippen LogP) is 2.69. The first kappa shape index (κ1) is 19.0. The average Bonchev–Trinajstić information content (AvgIpc) is 2.76. The highest BCUT2D eigenvalue weighted by Gasteiger charge is 2.18. The monoisotopic (exact) mass is 334 g/mol. The van der Waals surface area contributed by atoms with Gasteiger partial charge in [0.25, 0.3) is 0 Å². The zero-order valence-corrected chi connectivity index (χ0v) is 16.1. The molecule has 0 radical (unpaired) electrons. The Hall–Kier alpha value is -1.36. The lowest BCUT2D eigenvalue weighted by atomic mass is 10.0. The molecule has 2 rings (SSSR count). The molecule has 1 atom stereocenters. The van der Waals surface area contributed by atoms with Gasteiger partial charge in [-0.1, -0.05) is 20.3 Å². The maximum Gasteiger partial charge on any atom is 0.224 e. The molecule has 1 aliphatic heterocycles. The molecule has 1 fully saturated rings. The van der Waals surface area contributed by atoms with Crippen LogP contribution in [0.3, 0.4) is 0 Å². The Bertz CT molecular complexity index is 550. The van der Waals surface area contributed by atoms with Gasteiger partial charge >= 0.3 is 0 Å². The lowest BCUT2D eigenvalue weighted by Crippen LogP contribution is -2.42. The van der Waals surface area contributed by atoms with Crippen molar-refractivity contribution in [1.29, 1.82) is 0 Å². The maximum absolute atomic E-state index is 12.3. The van der Waals surface area contributed by atoms with E-state index in [9.17, 15) is 4.79 Å². The second kappa shape index (κ2) is 8.65. The molecule has 0 unspecified atom stereocenters. The Morgan fingerprint density at radius 1 is 1.33 bits per heavy atom. The van der Waals surface area contributed by atoms with E-state index < -0.39 is 0 Å². The topological polar surface area (TPSA) is 50.2 Å². The summed E-state index contributed by atoms with van der Waals surface area (Å²) in [5.41, 5.74) is 3.19. The summed E-state index contributed by atoms with van der Waals surface area (Å²) in [6, 6.07) is 0.648. The normalized spacial score (nSPS) is 19.0. The van der Waals surface area contributed by atoms with Crippen LogP contribution in [0.25, 0.3) is 0 Å². The molecule has 1 amide bonds. The van der Waals surface area contributed by atoms with Crippen molar-refractivity contribution < 1.29 is 4.79 Å². The second-order valence-electron chi connectivity index (χ2n) is 7.63. The highest BCUT2D eigenvalue weighted by Crippen LogP contribution is 2.16. The van der Waals surface area contributed by atoms with Crippen LogP contribution >= 0.6 is 0 Å². The standard InChI is InChI=1S/C19H34N4O/c1-14(2)13-23-17(5)18(16(4)21-23)12-19(24)20-9-11-22-10-7-6-8-15(22)3/h14-15H,6-13H2,1-5H3,(H,20,24)/t15-/m0/s1. The van der Waals surface area contributed by atoms with Gasteiger partial charge < -0.3 is 5.32 Å². The minimum Gasteiger partial charge on any atom is -0.355 e. The van der Waals surface area contributed by atoms with Gasteiger partial charge in [0.1, 0.15) is 0 Å². The molecule has 0 spiro atoms. The number of carbonyl (C=O) groups is 1. The molecule has 1 N–H and O–H groups in total. The summed E-state index contributed by atoms with van der Waals surface area (Å²) >= 11 is 0. The van der Waals surface area contributed by atoms with Gasteiger partial charge in [-0.25, -0.2) is 0 Å². The van der Waals surface area contributed by atoms with Gasteiger partial charge in [0, 0.05) is 36.9 Å². The molecule has 24 heavy (non-hydrogen) atoms. The zero-order valence-electron chi connectivity index (χ0n) is 16.1. The van der Waals surface area contributed by atoms with E-state index in [0.29, 0.717) is 18.4 Å². The summed E-state index contributed by atoms with van der Waals surface area (Å²) in [4.78, 5) is 14.8. The van der Waals surface area contributed by atoms with Crippen LogP contribution in [0.15, 0.2) is 0 Å². The lowest BCUT2D eigenvalue weighted by molar-refractivity contribution is -0.120. The Balaban J connectivity index is 1.83. The predicted molar refractivity (Wildman–Crippen MR) is 98.1 cm³/mol. The van der Waals surface area contributed by atoms with Gasteiger partial charge in [0.2, 0.25) is 5.91 Å². The molecule has 0 bridgehead atoms. The second-order valence-corrected chi connectivity index (χ2v) is 7.63. The minimum atomic E-state index is 0.106. The molecule has 0 saturated carbocycles. The van der Waals surface area contributed by atoms with E-state index in [2.05, 4.69) is 43.0 Å². The average molecular weight is 335 g/mol. The van der Waals surface area contributed by atoms with E-state index in [0.717, 1.165) is 43.1 Å². The Kier molecular flexibility index (Phi) is 6.84. The van der Waals surface area contributed by atoms with Crippen molar-refractivity contribution in [2.75, 3.05) is 19.6 Å². The highest BCUT2D eigenvalue weighted by atomic mass is 16.1. The van der Waals surface area contributed by atoms with Gasteiger partial charge in [-0.15, -0.1) is 0 Å². The number of hydrogen-bond acceptors (Lipinski definition) is 3. The molecule has 2 heterocycles. The van der Waals surface area contributed by atoms with Crippen LogP contribution in [0.4, 0.5) is 0 Å². The molecule has 1 aromatic heterocycles. The largest absolute Gasteiger partial charge is 0.355 e. The number of piperidine rings is 1. The molecule has 0 aliphatic carbocycles. The number of carbonyl (C=O) groups excluding carboxylic acids is 1. The van der Waals surface area contributed by atoms with E-state index in [1.807, 2.05) is 11.6 Å². The van der Waals surface area contributed by atoms with Crippen molar-refractivity contribution in [2.24, 2.45) is 5.92 Å². The Labute approximate surface area is 146 Å². The fraction of sp³-hybridized carbons (Fsp3) is 0.789. The molecular formula is C19H34N4O. The molecule has 1 aliphatic rings. The van der Waals surface area contributed by atoms with Crippen molar-refractivity contribution in [1.82, 2.24) is 20.0 Å². The number of aromatic nitrogens is 2. The van der Waals surface area contributed by atoms with Gasteiger partial charge in [-0.05, 0) is 46.1 Å². The zero-order chi connectivity index (χ0) is 17.7. The molecule has 0 aromatic carbocycles. The highest BCUT2D eigenvalue weighted by molar-refractivity contribution is 5.79. The molecule has 5 heteroatoms. The summed E-state index contributed by atoms with van der Waals surface area (Å²) in [5.74, 6) is 0.658. The lowest BCUT2D eigenvalue weighted by Gasteiger charge is -2.33. The maximum atomic E-state index is 12.3. The van der Waals surface area contributed by atoms with Crippen molar-refractivity contribution in [3.05, 3.63) is 17.0 Å². The summed E-state index contributed by atoms with van der Waals surface area (Å²) < 4.78 is 2.04. The van der Waals surface area contributed by atoms with Crippen LogP contribution in [-0.2, 0) is 17.8 Å². The van der Waals surface area contributed by atoms with E-state index >= 15 is 0 Å². The fourth-order valence-electron chi connectivity index (χ4n) is 3.57. The first-order valence-corrected chi connectivity index (χ1v) is 9.42. The third kappa shape index (κ3) is 5.07. The summed E-state index contributed by atoms with van der Waals surface area (Å²) in [7, 11) is 0. The van der Waals surface area contributed by atoms with Crippen LogP contribution < -0.4 is 5.32 Å². The van der Waals surface area contributed by atoms with Crippen LogP contribution in [0.5, 0.6) is 0 Å². The first-order chi connectivity index (χ1) is 11.4. The molecule has 1 aromatic rings. The van der Waals surface area contributed by atoms with Gasteiger partial charge in [-0.3, -0.25) is 14.4 Å². The fourth-order valence-corrected chi connectivity index (χ4v) is 3.57. The van der Waals surface area contributed by atoms with E-state index in [4.69, 9.17) is 0 Å². The SMILES string of the molecule is Cc1nn(CC(C)C)c(C)c1CC(=O)NCCN1CCCC[C@@H]1C. The van der Waals surface area contributed by atoms with Gasteiger partial charge in [0.15, 0.2) is 0 Å². The summed E-state index contributed by atoms with van der Waals surface area (Å²) in [6.07, 6.45) is 4.33. The van der Waals surface area contributed by atoms with Crippen LogP contribution in [0.1, 0.15) is 57.0 Å². The molecule has 136 valence electrons. The van der Waals surface area contributed by atoms with E-state index in [1.54, 1.807) is 0 Å². The smallest absolute Gasteiger partial charge is 0.224 e. The van der Waals surface area contributed by atoms with Gasteiger partial charge in [0.05, 0.1) is 12.1 Å². The Morgan fingerprint density at radius 3 is 2.75 bits per heavy atom. The van der Waals surface area contributed by atoms with Crippen molar-refractivity contribution >= 4 is 5.91 Å². The van der Waals surface area contributed by atoms with Crippen molar-refractivity contribution in [3.63, 3.8) is 0 Å². The van der Waals surface area contributed by atoms with Gasteiger partial charge in [-0.2, -0.15) is 5.10 Å².